The number of carbonyl (C=O) groups excluding carboxylic acids is 1. The zero-order valence-corrected chi connectivity index (χ0v) is 11.7. The predicted octanol–water partition coefficient (Wildman–Crippen LogP) is 2.47. The number of hydrogen-bond acceptors (Lipinski definition) is 3. The molecule has 1 aliphatic heterocycles. The fraction of sp³-hybridized carbons (Fsp3) is 0.417. The third-order valence-corrected chi connectivity index (χ3v) is 3.91. The summed E-state index contributed by atoms with van der Waals surface area (Å²) in [7, 11) is 0. The van der Waals surface area contributed by atoms with E-state index in [0.717, 1.165) is 0 Å². The van der Waals surface area contributed by atoms with Gasteiger partial charge in [0.2, 0.25) is 0 Å². The Kier molecular flexibility index (Phi) is 3.69. The number of carboxylic acids is 1. The molecule has 1 atom stereocenters. The van der Waals surface area contributed by atoms with Gasteiger partial charge < -0.3 is 10.0 Å². The third-order valence-electron chi connectivity index (χ3n) is 3.40. The maximum atomic E-state index is 12.4. The van der Waals surface area contributed by atoms with Crippen molar-refractivity contribution in [3.8, 4) is 0 Å². The van der Waals surface area contributed by atoms with Gasteiger partial charge in [-0.05, 0) is 25.8 Å². The van der Waals surface area contributed by atoms with Gasteiger partial charge in [-0.25, -0.2) is 9.78 Å². The highest BCUT2D eigenvalue weighted by molar-refractivity contribution is 6.35. The first kappa shape index (κ1) is 14.1. The number of rotatable bonds is 2. The van der Waals surface area contributed by atoms with Crippen molar-refractivity contribution < 1.29 is 14.7 Å². The van der Waals surface area contributed by atoms with Gasteiger partial charge >= 0.3 is 5.97 Å². The van der Waals surface area contributed by atoms with Crippen LogP contribution >= 0.6 is 23.2 Å². The quantitative estimate of drug-likeness (QED) is 0.852. The van der Waals surface area contributed by atoms with Gasteiger partial charge in [-0.2, -0.15) is 0 Å². The molecule has 1 unspecified atom stereocenters. The zero-order chi connectivity index (χ0) is 14.2. The van der Waals surface area contributed by atoms with Crippen LogP contribution in [-0.4, -0.2) is 39.0 Å². The van der Waals surface area contributed by atoms with Gasteiger partial charge in [-0.3, -0.25) is 4.79 Å². The van der Waals surface area contributed by atoms with E-state index in [9.17, 15) is 14.7 Å². The molecular weight excluding hydrogens is 291 g/mol. The summed E-state index contributed by atoms with van der Waals surface area (Å²) in [6.07, 6.45) is 2.35. The van der Waals surface area contributed by atoms with Crippen LogP contribution in [0, 0.1) is 0 Å². The average Bonchev–Trinajstić information content (AvgIpc) is 2.75. The van der Waals surface area contributed by atoms with Gasteiger partial charge in [-0.15, -0.1) is 0 Å². The molecule has 2 heterocycles. The first-order chi connectivity index (χ1) is 8.86. The molecule has 0 aromatic carbocycles. The van der Waals surface area contributed by atoms with Crippen LogP contribution in [0.25, 0.3) is 0 Å². The van der Waals surface area contributed by atoms with Gasteiger partial charge in [0.05, 0.1) is 10.6 Å². The van der Waals surface area contributed by atoms with Gasteiger partial charge in [0, 0.05) is 12.7 Å². The molecular formula is C12H12Cl2N2O3. The first-order valence-electron chi connectivity index (χ1n) is 5.72. The molecule has 5 nitrogen and oxygen atoms in total. The second-order valence-corrected chi connectivity index (χ2v) is 5.42. The maximum absolute atomic E-state index is 12.4. The smallest absolute Gasteiger partial charge is 0.329 e. The lowest BCUT2D eigenvalue weighted by molar-refractivity contribution is -0.147. The normalized spacial score (nSPS) is 22.6. The number of hydrogen-bond donors (Lipinski definition) is 1. The molecule has 1 N–H and O–H groups in total. The lowest BCUT2D eigenvalue weighted by atomic mass is 9.98. The molecule has 0 aliphatic carbocycles. The molecule has 1 amide bonds. The molecule has 7 heteroatoms. The van der Waals surface area contributed by atoms with Crippen LogP contribution in [0.1, 0.15) is 30.1 Å². The number of nitrogens with zero attached hydrogens (tertiary/aromatic N) is 2. The molecule has 1 aromatic heterocycles. The van der Waals surface area contributed by atoms with Crippen molar-refractivity contribution >= 4 is 35.1 Å². The molecule has 1 fully saturated rings. The lowest BCUT2D eigenvalue weighted by Crippen LogP contribution is -2.50. The molecule has 1 aromatic rings. The minimum atomic E-state index is -1.20. The Hall–Kier alpha value is -1.33. The average molecular weight is 303 g/mol. The van der Waals surface area contributed by atoms with Gasteiger partial charge in [0.25, 0.3) is 5.91 Å². The summed E-state index contributed by atoms with van der Waals surface area (Å²) in [5.74, 6) is -1.45. The summed E-state index contributed by atoms with van der Waals surface area (Å²) in [5.41, 5.74) is -1.02. The number of likely N-dealkylation sites (tertiary alicyclic amines) is 1. The monoisotopic (exact) mass is 302 g/mol. The molecule has 0 saturated carbocycles. The van der Waals surface area contributed by atoms with E-state index < -0.39 is 17.4 Å². The zero-order valence-electron chi connectivity index (χ0n) is 10.2. The molecule has 1 aliphatic rings. The van der Waals surface area contributed by atoms with E-state index in [1.165, 1.54) is 24.1 Å². The topological polar surface area (TPSA) is 70.5 Å². The third kappa shape index (κ3) is 2.40. The Morgan fingerprint density at radius 3 is 2.79 bits per heavy atom. The Balaban J connectivity index is 2.39. The predicted molar refractivity (Wildman–Crippen MR) is 70.6 cm³/mol. The van der Waals surface area contributed by atoms with Crippen molar-refractivity contribution in [2.75, 3.05) is 6.54 Å². The summed E-state index contributed by atoms with van der Waals surface area (Å²) >= 11 is 11.7. The number of carbonyl (C=O) groups is 2. The molecule has 1 saturated heterocycles. The highest BCUT2D eigenvalue weighted by Crippen LogP contribution is 2.32. The van der Waals surface area contributed by atoms with Crippen molar-refractivity contribution in [3.05, 3.63) is 28.0 Å². The minimum absolute atomic E-state index is 0.143. The second kappa shape index (κ2) is 4.98. The van der Waals surface area contributed by atoms with Crippen LogP contribution in [-0.2, 0) is 4.79 Å². The van der Waals surface area contributed by atoms with Crippen molar-refractivity contribution in [3.63, 3.8) is 0 Å². The van der Waals surface area contributed by atoms with E-state index in [4.69, 9.17) is 23.2 Å². The van der Waals surface area contributed by atoms with Crippen molar-refractivity contribution in [1.82, 2.24) is 9.88 Å². The van der Waals surface area contributed by atoms with Gasteiger partial charge in [-0.1, -0.05) is 23.2 Å². The van der Waals surface area contributed by atoms with Crippen LogP contribution in [0.3, 0.4) is 0 Å². The largest absolute Gasteiger partial charge is 0.480 e. The Bertz CT molecular complexity index is 550. The van der Waals surface area contributed by atoms with E-state index >= 15 is 0 Å². The number of aliphatic carboxylic acids is 1. The molecule has 102 valence electrons. The minimum Gasteiger partial charge on any atom is -0.480 e. The van der Waals surface area contributed by atoms with Crippen molar-refractivity contribution in [2.45, 2.75) is 25.3 Å². The highest BCUT2D eigenvalue weighted by Gasteiger charge is 2.46. The Labute approximate surface area is 120 Å². The summed E-state index contributed by atoms with van der Waals surface area (Å²) < 4.78 is 0. The molecule has 2 rings (SSSR count). The number of aromatic nitrogens is 1. The van der Waals surface area contributed by atoms with Crippen LogP contribution in [0.5, 0.6) is 0 Å². The number of carboxylic acid groups (broad SMARTS) is 1. The second-order valence-electron chi connectivity index (χ2n) is 4.63. The SMILES string of the molecule is CC1(C(=O)O)CCCN1C(=O)c1cc(Cl)ncc1Cl. The number of halogens is 2. The maximum Gasteiger partial charge on any atom is 0.329 e. The summed E-state index contributed by atoms with van der Waals surface area (Å²) in [4.78, 5) is 28.9. The summed E-state index contributed by atoms with van der Waals surface area (Å²) in [6, 6.07) is 1.35. The molecule has 0 spiro atoms. The standard InChI is InChI=1S/C12H12Cl2N2O3/c1-12(11(18)19)3-2-4-16(12)10(17)7-5-9(14)15-6-8(7)13/h5-6H,2-4H2,1H3,(H,18,19). The first-order valence-corrected chi connectivity index (χ1v) is 6.48. The molecule has 0 bridgehead atoms. The van der Waals surface area contributed by atoms with Crippen LogP contribution < -0.4 is 0 Å². The Morgan fingerprint density at radius 1 is 1.47 bits per heavy atom. The van der Waals surface area contributed by atoms with Gasteiger partial charge in [0.1, 0.15) is 10.7 Å². The lowest BCUT2D eigenvalue weighted by Gasteiger charge is -2.31. The van der Waals surface area contributed by atoms with Crippen LogP contribution in [0.4, 0.5) is 0 Å². The number of amides is 1. The summed E-state index contributed by atoms with van der Waals surface area (Å²) in [5, 5.41) is 9.60. The fourth-order valence-corrected chi connectivity index (χ4v) is 2.58. The highest BCUT2D eigenvalue weighted by atomic mass is 35.5. The van der Waals surface area contributed by atoms with E-state index in [1.807, 2.05) is 0 Å². The van der Waals surface area contributed by atoms with Crippen molar-refractivity contribution in [1.29, 1.82) is 0 Å². The Morgan fingerprint density at radius 2 is 2.16 bits per heavy atom. The fourth-order valence-electron chi connectivity index (χ4n) is 2.23. The van der Waals surface area contributed by atoms with Crippen LogP contribution in [0.15, 0.2) is 12.3 Å². The van der Waals surface area contributed by atoms with Gasteiger partial charge in [0.15, 0.2) is 0 Å². The van der Waals surface area contributed by atoms with E-state index in [-0.39, 0.29) is 15.7 Å². The van der Waals surface area contributed by atoms with E-state index in [1.54, 1.807) is 0 Å². The van der Waals surface area contributed by atoms with E-state index in [0.29, 0.717) is 19.4 Å². The van der Waals surface area contributed by atoms with Crippen LogP contribution in [0.2, 0.25) is 10.2 Å². The number of pyridine rings is 1. The molecule has 0 radical (unpaired) electrons. The molecule has 19 heavy (non-hydrogen) atoms. The summed E-state index contributed by atoms with van der Waals surface area (Å²) in [6.45, 7) is 1.93. The van der Waals surface area contributed by atoms with Crippen molar-refractivity contribution in [2.24, 2.45) is 0 Å². The van der Waals surface area contributed by atoms with E-state index in [2.05, 4.69) is 4.98 Å².